The predicted octanol–water partition coefficient (Wildman–Crippen LogP) is 3.55. The molecule has 1 fully saturated rings. The number of hydrogen-bond acceptors (Lipinski definition) is 9. The lowest BCUT2D eigenvalue weighted by Gasteiger charge is -2.44. The summed E-state index contributed by atoms with van der Waals surface area (Å²) in [6.45, 7) is 10.3. The third-order valence-corrected chi connectivity index (χ3v) is 7.23. The summed E-state index contributed by atoms with van der Waals surface area (Å²) in [5.41, 5.74) is 1.97. The van der Waals surface area contributed by atoms with Gasteiger partial charge in [0.15, 0.2) is 0 Å². The lowest BCUT2D eigenvalue weighted by molar-refractivity contribution is -0.128. The number of rotatable bonds is 3. The van der Waals surface area contributed by atoms with Crippen LogP contribution < -0.4 is 4.90 Å². The number of carbonyl (C=O) groups excluding carboxylic acids is 1. The number of aliphatic hydroxyl groups excluding tert-OH is 1. The van der Waals surface area contributed by atoms with E-state index in [-0.39, 0.29) is 39.8 Å². The van der Waals surface area contributed by atoms with Crippen molar-refractivity contribution in [3.63, 3.8) is 0 Å². The van der Waals surface area contributed by atoms with Crippen LogP contribution in [0.4, 0.5) is 15.9 Å². The van der Waals surface area contributed by atoms with Gasteiger partial charge in [-0.25, -0.2) is 24.3 Å². The maximum atomic E-state index is 14.9. The van der Waals surface area contributed by atoms with Gasteiger partial charge in [-0.2, -0.15) is 0 Å². The van der Waals surface area contributed by atoms with Crippen LogP contribution in [0.15, 0.2) is 48.2 Å². The van der Waals surface area contributed by atoms with E-state index in [1.54, 1.807) is 24.8 Å². The maximum Gasteiger partial charge on any atom is 0.246 e. The van der Waals surface area contributed by atoms with Gasteiger partial charge in [-0.05, 0) is 45.0 Å². The number of anilines is 2. The Balaban J connectivity index is 1.70. The molecule has 3 aromatic rings. The van der Waals surface area contributed by atoms with Gasteiger partial charge >= 0.3 is 0 Å². The second kappa shape index (κ2) is 10.2. The molecule has 2 aliphatic heterocycles. The van der Waals surface area contributed by atoms with Gasteiger partial charge in [0, 0.05) is 25.7 Å². The number of phenolic OH excluding ortho intramolecular Hbond substituents is 1. The van der Waals surface area contributed by atoms with Gasteiger partial charge in [0.1, 0.15) is 29.5 Å². The molecule has 5 rings (SSSR count). The predicted molar refractivity (Wildman–Crippen MR) is 145 cm³/mol. The SMILES string of the molecule is C=CC(=O)N1CCN(C2=NC(O)N(c3c(C)ncnc3C)c3nc(-c4c(O)cccc4F)c(Cl)cc32)[C@@H](C)C1. The Labute approximate surface area is 229 Å². The zero-order valence-electron chi connectivity index (χ0n) is 21.6. The summed E-state index contributed by atoms with van der Waals surface area (Å²) in [6.07, 6.45) is 1.28. The van der Waals surface area contributed by atoms with Crippen molar-refractivity contribution in [1.82, 2.24) is 24.8 Å². The van der Waals surface area contributed by atoms with Gasteiger partial charge < -0.3 is 20.0 Å². The molecule has 0 saturated carbocycles. The van der Waals surface area contributed by atoms with E-state index in [1.807, 2.05) is 11.8 Å². The van der Waals surface area contributed by atoms with E-state index in [1.165, 1.54) is 35.5 Å². The number of fused-ring (bicyclic) bond motifs is 1. The van der Waals surface area contributed by atoms with Crippen LogP contribution in [0.5, 0.6) is 5.75 Å². The number of phenols is 1. The Bertz CT molecular complexity index is 1470. The molecule has 2 N–H and O–H groups in total. The fraction of sp³-hybridized carbons (Fsp3) is 0.296. The van der Waals surface area contributed by atoms with E-state index < -0.39 is 12.2 Å². The number of aryl methyl sites for hydroxylation is 2. The van der Waals surface area contributed by atoms with E-state index in [0.29, 0.717) is 48.1 Å². The molecule has 0 bridgehead atoms. The Morgan fingerprint density at radius 1 is 1.23 bits per heavy atom. The van der Waals surface area contributed by atoms with E-state index >= 15 is 0 Å². The third-order valence-electron chi connectivity index (χ3n) is 6.94. The van der Waals surface area contributed by atoms with Crippen LogP contribution in [0.25, 0.3) is 11.3 Å². The molecule has 12 heteroatoms. The molecule has 2 aliphatic rings. The smallest absolute Gasteiger partial charge is 0.246 e. The highest BCUT2D eigenvalue weighted by Crippen LogP contribution is 2.42. The zero-order valence-corrected chi connectivity index (χ0v) is 22.4. The fourth-order valence-corrected chi connectivity index (χ4v) is 5.33. The summed E-state index contributed by atoms with van der Waals surface area (Å²) >= 11 is 6.67. The Morgan fingerprint density at radius 3 is 2.59 bits per heavy atom. The second-order valence-corrected chi connectivity index (χ2v) is 9.82. The molecule has 0 aliphatic carbocycles. The molecular formula is C27H27ClFN7O3. The van der Waals surface area contributed by atoms with Gasteiger partial charge in [-0.1, -0.05) is 24.2 Å². The molecule has 39 heavy (non-hydrogen) atoms. The molecule has 0 radical (unpaired) electrons. The molecular weight excluding hydrogens is 525 g/mol. The van der Waals surface area contributed by atoms with Crippen molar-refractivity contribution >= 4 is 34.8 Å². The highest BCUT2D eigenvalue weighted by atomic mass is 35.5. The van der Waals surface area contributed by atoms with Gasteiger partial charge in [0.05, 0.1) is 38.9 Å². The van der Waals surface area contributed by atoms with Crippen LogP contribution in [-0.4, -0.2) is 78.7 Å². The second-order valence-electron chi connectivity index (χ2n) is 9.42. The summed E-state index contributed by atoms with van der Waals surface area (Å²) in [6, 6.07) is 5.38. The van der Waals surface area contributed by atoms with E-state index in [9.17, 15) is 19.4 Å². The number of hydrogen-bond donors (Lipinski definition) is 2. The number of amides is 1. The van der Waals surface area contributed by atoms with Crippen molar-refractivity contribution in [2.75, 3.05) is 24.5 Å². The number of aromatic hydroxyl groups is 1. The molecule has 0 spiro atoms. The van der Waals surface area contributed by atoms with Gasteiger partial charge in [-0.15, -0.1) is 0 Å². The minimum atomic E-state index is -1.42. The van der Waals surface area contributed by atoms with Crippen molar-refractivity contribution in [1.29, 1.82) is 0 Å². The van der Waals surface area contributed by atoms with E-state index in [2.05, 4.69) is 21.5 Å². The minimum Gasteiger partial charge on any atom is -0.507 e. The first-order valence-corrected chi connectivity index (χ1v) is 12.7. The topological polar surface area (TPSA) is 118 Å². The number of piperazine rings is 1. The van der Waals surface area contributed by atoms with Crippen molar-refractivity contribution in [3.8, 4) is 17.0 Å². The summed E-state index contributed by atoms with van der Waals surface area (Å²) in [5, 5.41) is 22.0. The van der Waals surface area contributed by atoms with Gasteiger partial charge in [0.25, 0.3) is 0 Å². The number of pyridine rings is 1. The molecule has 2 atom stereocenters. The average molecular weight is 552 g/mol. The van der Waals surface area contributed by atoms with Crippen LogP contribution in [0.1, 0.15) is 23.9 Å². The molecule has 202 valence electrons. The van der Waals surface area contributed by atoms with Crippen molar-refractivity contribution in [2.45, 2.75) is 33.2 Å². The van der Waals surface area contributed by atoms with Crippen LogP contribution in [0, 0.1) is 19.7 Å². The first-order valence-electron chi connectivity index (χ1n) is 12.3. The highest BCUT2D eigenvalue weighted by molar-refractivity contribution is 6.33. The number of aromatic nitrogens is 3. The average Bonchev–Trinajstić information content (AvgIpc) is 2.89. The Hall–Kier alpha value is -4.09. The van der Waals surface area contributed by atoms with Crippen LogP contribution in [-0.2, 0) is 4.79 Å². The van der Waals surface area contributed by atoms with Gasteiger partial charge in [-0.3, -0.25) is 9.69 Å². The van der Waals surface area contributed by atoms with Crippen molar-refractivity contribution in [2.24, 2.45) is 4.99 Å². The van der Waals surface area contributed by atoms with Crippen molar-refractivity contribution < 1.29 is 19.4 Å². The lowest BCUT2D eigenvalue weighted by Crippen LogP contribution is -2.56. The number of nitrogens with zero attached hydrogens (tertiary/aromatic N) is 7. The monoisotopic (exact) mass is 551 g/mol. The van der Waals surface area contributed by atoms with E-state index in [0.717, 1.165) is 0 Å². The molecule has 1 aromatic carbocycles. The Morgan fingerprint density at radius 2 is 1.95 bits per heavy atom. The standard InChI is InChI=1S/C27H27ClFN7O3/c1-5-21(38)34-9-10-35(14(2)12-34)25-17-11-18(28)23(22-19(29)7-6-8-20(22)37)32-26(17)36(27(39)33-25)24-15(3)30-13-31-16(24)4/h5-8,11,13-14,27,37,39H,1,9-10,12H2,2-4H3/t14-,27?/m0/s1. The first-order chi connectivity index (χ1) is 18.6. The summed E-state index contributed by atoms with van der Waals surface area (Å²) in [5.74, 6) is -0.515. The zero-order chi connectivity index (χ0) is 28.0. The summed E-state index contributed by atoms with van der Waals surface area (Å²) in [7, 11) is 0. The van der Waals surface area contributed by atoms with Crippen LogP contribution in [0.3, 0.4) is 0 Å². The molecule has 4 heterocycles. The Kier molecular flexibility index (Phi) is 6.96. The van der Waals surface area contributed by atoms with E-state index in [4.69, 9.17) is 16.6 Å². The van der Waals surface area contributed by atoms with Crippen LogP contribution >= 0.6 is 11.6 Å². The number of halogens is 2. The highest BCUT2D eigenvalue weighted by Gasteiger charge is 2.38. The quantitative estimate of drug-likeness (QED) is 0.475. The molecule has 1 unspecified atom stereocenters. The molecule has 1 amide bonds. The molecule has 2 aromatic heterocycles. The van der Waals surface area contributed by atoms with Crippen molar-refractivity contribution in [3.05, 3.63) is 71.0 Å². The normalized spacial score (nSPS) is 19.0. The largest absolute Gasteiger partial charge is 0.507 e. The fourth-order valence-electron chi connectivity index (χ4n) is 5.08. The first kappa shape index (κ1) is 26.5. The summed E-state index contributed by atoms with van der Waals surface area (Å²) < 4.78 is 14.9. The molecule has 1 saturated heterocycles. The maximum absolute atomic E-state index is 14.9. The number of benzene rings is 1. The number of aliphatic imine (C=N–C) groups is 1. The van der Waals surface area contributed by atoms with Gasteiger partial charge in [0.2, 0.25) is 12.3 Å². The number of amidine groups is 1. The molecule has 10 nitrogen and oxygen atoms in total. The third kappa shape index (κ3) is 4.57. The summed E-state index contributed by atoms with van der Waals surface area (Å²) in [4.78, 5) is 35.3. The lowest BCUT2D eigenvalue weighted by atomic mass is 10.0. The van der Waals surface area contributed by atoms with Crippen LogP contribution in [0.2, 0.25) is 5.02 Å². The number of carbonyl (C=O) groups is 1. The minimum absolute atomic E-state index is 0.00562. The number of aliphatic hydroxyl groups is 1.